The Balaban J connectivity index is 2.46. The van der Waals surface area contributed by atoms with Gasteiger partial charge in [0.05, 0.1) is 5.56 Å². The summed E-state index contributed by atoms with van der Waals surface area (Å²) in [7, 11) is 0. The zero-order chi connectivity index (χ0) is 31.2. The molecule has 0 saturated carbocycles. The molecule has 2 N–H and O–H groups in total. The van der Waals surface area contributed by atoms with Crippen LogP contribution in [0.3, 0.4) is 0 Å². The van der Waals surface area contributed by atoms with Crippen molar-refractivity contribution in [1.29, 1.82) is 0 Å². The zero-order valence-corrected chi connectivity index (χ0v) is 27.7. The topological polar surface area (TPSA) is 57.5 Å². The number of hydrogen-bond donors (Lipinski definition) is 2. The molecule has 3 aromatic carbocycles. The molecular formula is C39H54O3. The van der Waals surface area contributed by atoms with Crippen LogP contribution in [0.2, 0.25) is 0 Å². The van der Waals surface area contributed by atoms with Gasteiger partial charge in [-0.15, -0.1) is 0 Å². The fourth-order valence-corrected chi connectivity index (χ4v) is 6.03. The molecule has 1 atom stereocenters. The van der Waals surface area contributed by atoms with Crippen molar-refractivity contribution in [1.82, 2.24) is 0 Å². The van der Waals surface area contributed by atoms with Crippen molar-refractivity contribution in [3.63, 3.8) is 0 Å². The molecular weight excluding hydrogens is 516 g/mol. The molecule has 0 aliphatic rings. The molecule has 3 aromatic rings. The van der Waals surface area contributed by atoms with Crippen molar-refractivity contribution >= 4 is 5.97 Å². The predicted molar refractivity (Wildman–Crippen MR) is 177 cm³/mol. The molecule has 0 saturated heterocycles. The van der Waals surface area contributed by atoms with E-state index in [0.29, 0.717) is 5.75 Å². The van der Waals surface area contributed by atoms with Crippen LogP contribution in [-0.2, 0) is 23.7 Å². The molecule has 0 amide bonds. The van der Waals surface area contributed by atoms with Crippen molar-refractivity contribution in [2.24, 2.45) is 0 Å². The van der Waals surface area contributed by atoms with E-state index in [1.807, 2.05) is 12.1 Å². The van der Waals surface area contributed by atoms with Gasteiger partial charge >= 0.3 is 5.97 Å². The molecule has 1 unspecified atom stereocenters. The summed E-state index contributed by atoms with van der Waals surface area (Å²) in [5.74, 6) is -0.794. The van der Waals surface area contributed by atoms with Gasteiger partial charge in [0.15, 0.2) is 0 Å². The third-order valence-corrected chi connectivity index (χ3v) is 9.68. The van der Waals surface area contributed by atoms with Gasteiger partial charge in [-0.3, -0.25) is 0 Å². The number of phenols is 1. The Labute approximate surface area is 255 Å². The van der Waals surface area contributed by atoms with Gasteiger partial charge in [-0.25, -0.2) is 4.79 Å². The largest absolute Gasteiger partial charge is 0.507 e. The summed E-state index contributed by atoms with van der Waals surface area (Å²) in [5.41, 5.74) is 9.39. The monoisotopic (exact) mass is 570 g/mol. The van der Waals surface area contributed by atoms with Gasteiger partial charge in [0, 0.05) is 17.0 Å². The first kappa shape index (κ1) is 33.4. The minimum Gasteiger partial charge on any atom is -0.507 e. The molecule has 0 radical (unpaired) electrons. The highest BCUT2D eigenvalue weighted by atomic mass is 16.4. The van der Waals surface area contributed by atoms with Gasteiger partial charge in [-0.1, -0.05) is 105 Å². The van der Waals surface area contributed by atoms with E-state index in [0.717, 1.165) is 68.1 Å². The van der Waals surface area contributed by atoms with Crippen LogP contribution < -0.4 is 0 Å². The van der Waals surface area contributed by atoms with Crippen LogP contribution in [0.15, 0.2) is 48.5 Å². The smallest absolute Gasteiger partial charge is 0.335 e. The Hall–Kier alpha value is -3.07. The predicted octanol–water partition coefficient (Wildman–Crippen LogP) is 10.6. The average molecular weight is 571 g/mol. The van der Waals surface area contributed by atoms with Crippen LogP contribution in [-0.4, -0.2) is 16.2 Å². The average Bonchev–Trinajstić information content (AvgIpc) is 2.97. The standard InChI is InChI=1S/C39H54O3/c1-10-14-16-27-22-31(26(5)33(24-27)38(6,7)12-3)35(29-18-20-30(21-19-29)37(41)42)32-23-28(17-15-11-2)25-34(36(32)40)39(8,9)13-4/h18-25,35,40H,10-17H2,1-9H3,(H,41,42). The molecule has 0 bridgehead atoms. The number of rotatable bonds is 14. The van der Waals surface area contributed by atoms with Crippen LogP contribution in [0.4, 0.5) is 0 Å². The molecule has 228 valence electrons. The van der Waals surface area contributed by atoms with Crippen molar-refractivity contribution in [2.75, 3.05) is 0 Å². The molecule has 0 fully saturated rings. The highest BCUT2D eigenvalue weighted by Crippen LogP contribution is 2.46. The Morgan fingerprint density at radius 3 is 1.69 bits per heavy atom. The first-order valence-electron chi connectivity index (χ1n) is 16.1. The van der Waals surface area contributed by atoms with Gasteiger partial charge in [0.2, 0.25) is 0 Å². The van der Waals surface area contributed by atoms with E-state index in [9.17, 15) is 15.0 Å². The van der Waals surface area contributed by atoms with Crippen molar-refractivity contribution < 1.29 is 15.0 Å². The SMILES string of the molecule is CCCCc1cc(C(c2ccc(C(=O)O)cc2)c2cc(CCCC)cc(C(C)(C)CC)c2O)c(C)c(C(C)(C)CC)c1. The molecule has 0 aliphatic heterocycles. The molecule has 0 heterocycles. The summed E-state index contributed by atoms with van der Waals surface area (Å²) in [4.78, 5) is 11.8. The number of carbonyl (C=O) groups is 1. The first-order valence-corrected chi connectivity index (χ1v) is 16.1. The lowest BCUT2D eigenvalue weighted by molar-refractivity contribution is 0.0697. The van der Waals surface area contributed by atoms with E-state index in [-0.39, 0.29) is 22.3 Å². The van der Waals surface area contributed by atoms with Crippen molar-refractivity contribution in [2.45, 2.75) is 130 Å². The summed E-state index contributed by atoms with van der Waals surface area (Å²) in [6.07, 6.45) is 8.36. The lowest BCUT2D eigenvalue weighted by Gasteiger charge is -2.32. The van der Waals surface area contributed by atoms with E-state index >= 15 is 0 Å². The second-order valence-corrected chi connectivity index (χ2v) is 13.5. The van der Waals surface area contributed by atoms with Gasteiger partial charge in [-0.2, -0.15) is 0 Å². The summed E-state index contributed by atoms with van der Waals surface area (Å²) in [5, 5.41) is 21.8. The van der Waals surface area contributed by atoms with E-state index in [1.165, 1.54) is 27.8 Å². The van der Waals surface area contributed by atoms with Crippen LogP contribution in [0.1, 0.15) is 155 Å². The maximum atomic E-state index is 12.1. The Kier molecular flexibility index (Phi) is 11.1. The minimum absolute atomic E-state index is 0.000840. The number of benzene rings is 3. The van der Waals surface area contributed by atoms with Crippen molar-refractivity contribution in [3.8, 4) is 5.75 Å². The quantitative estimate of drug-likeness (QED) is 0.190. The molecule has 42 heavy (non-hydrogen) atoms. The van der Waals surface area contributed by atoms with E-state index in [2.05, 4.69) is 86.6 Å². The summed E-state index contributed by atoms with van der Waals surface area (Å²) in [6, 6.07) is 16.5. The van der Waals surface area contributed by atoms with E-state index in [4.69, 9.17) is 0 Å². The molecule has 0 spiro atoms. The molecule has 3 nitrogen and oxygen atoms in total. The zero-order valence-electron chi connectivity index (χ0n) is 27.7. The van der Waals surface area contributed by atoms with E-state index < -0.39 is 5.97 Å². The number of aromatic hydroxyl groups is 1. The third kappa shape index (κ3) is 7.28. The minimum atomic E-state index is -0.931. The maximum absolute atomic E-state index is 12.1. The second-order valence-electron chi connectivity index (χ2n) is 13.5. The molecule has 3 heteroatoms. The summed E-state index contributed by atoms with van der Waals surface area (Å²) in [6.45, 7) is 20.2. The highest BCUT2D eigenvalue weighted by Gasteiger charge is 2.31. The molecule has 0 aliphatic carbocycles. The Morgan fingerprint density at radius 2 is 1.21 bits per heavy atom. The van der Waals surface area contributed by atoms with Crippen molar-refractivity contribution in [3.05, 3.63) is 98.6 Å². The van der Waals surface area contributed by atoms with Gasteiger partial charge in [-0.05, 0) is 102 Å². The fourth-order valence-electron chi connectivity index (χ4n) is 6.03. The Morgan fingerprint density at radius 1 is 0.738 bits per heavy atom. The number of hydrogen-bond acceptors (Lipinski definition) is 2. The van der Waals surface area contributed by atoms with Gasteiger partial charge in [0.25, 0.3) is 0 Å². The highest BCUT2D eigenvalue weighted by molar-refractivity contribution is 5.87. The maximum Gasteiger partial charge on any atom is 0.335 e. The number of unbranched alkanes of at least 4 members (excludes halogenated alkanes) is 2. The number of phenolic OH excluding ortho intramolecular Hbond substituents is 1. The van der Waals surface area contributed by atoms with Crippen LogP contribution in [0.25, 0.3) is 0 Å². The summed E-state index contributed by atoms with van der Waals surface area (Å²) < 4.78 is 0. The number of carboxylic acids is 1. The van der Waals surface area contributed by atoms with E-state index in [1.54, 1.807) is 12.1 Å². The number of aryl methyl sites for hydroxylation is 2. The lowest BCUT2D eigenvalue weighted by atomic mass is 9.72. The lowest BCUT2D eigenvalue weighted by Crippen LogP contribution is -2.21. The van der Waals surface area contributed by atoms with Crippen LogP contribution >= 0.6 is 0 Å². The van der Waals surface area contributed by atoms with Gasteiger partial charge < -0.3 is 10.2 Å². The van der Waals surface area contributed by atoms with Crippen LogP contribution in [0.5, 0.6) is 5.75 Å². The number of carboxylic acid groups (broad SMARTS) is 1. The normalized spacial score (nSPS) is 12.9. The van der Waals surface area contributed by atoms with Crippen LogP contribution in [0, 0.1) is 6.92 Å². The number of aromatic carboxylic acids is 1. The third-order valence-electron chi connectivity index (χ3n) is 9.68. The van der Waals surface area contributed by atoms with Gasteiger partial charge in [0.1, 0.15) is 5.75 Å². The second kappa shape index (κ2) is 13.9. The molecule has 3 rings (SSSR count). The Bertz CT molecular complexity index is 1280. The summed E-state index contributed by atoms with van der Waals surface area (Å²) >= 11 is 0. The molecule has 0 aromatic heterocycles. The first-order chi connectivity index (χ1) is 19.8. The fraction of sp³-hybridized carbons (Fsp3) is 0.513.